The predicted molar refractivity (Wildman–Crippen MR) is 129 cm³/mol. The van der Waals surface area contributed by atoms with Crippen molar-refractivity contribution in [2.75, 3.05) is 11.9 Å². The van der Waals surface area contributed by atoms with Gasteiger partial charge in [-0.1, -0.05) is 54.1 Å². The molecule has 0 atom stereocenters. The van der Waals surface area contributed by atoms with E-state index >= 15 is 0 Å². The van der Waals surface area contributed by atoms with E-state index in [0.29, 0.717) is 24.4 Å². The van der Waals surface area contributed by atoms with Gasteiger partial charge in [0.1, 0.15) is 5.78 Å². The third-order valence-electron chi connectivity index (χ3n) is 4.89. The van der Waals surface area contributed by atoms with E-state index in [2.05, 4.69) is 17.4 Å². The van der Waals surface area contributed by atoms with Gasteiger partial charge in [-0.3, -0.25) is 4.79 Å². The first kappa shape index (κ1) is 25.6. The van der Waals surface area contributed by atoms with Crippen molar-refractivity contribution in [1.29, 1.82) is 0 Å². The summed E-state index contributed by atoms with van der Waals surface area (Å²) in [6.45, 7) is 2.13. The van der Waals surface area contributed by atoms with Crippen molar-refractivity contribution in [3.63, 3.8) is 0 Å². The zero-order valence-corrected chi connectivity index (χ0v) is 19.0. The quantitative estimate of drug-likeness (QED) is 0.371. The van der Waals surface area contributed by atoms with Crippen molar-refractivity contribution < 1.29 is 24.6 Å². The van der Waals surface area contributed by atoms with Crippen LogP contribution in [0.25, 0.3) is 0 Å². The van der Waals surface area contributed by atoms with Gasteiger partial charge in [-0.05, 0) is 54.8 Å². The lowest BCUT2D eigenvalue weighted by molar-refractivity contribution is -0.118. The number of carbonyl (C=O) groups excluding carboxylic acids is 1. The molecular weight excluding hydrogens is 442 g/mol. The molecule has 3 N–H and O–H groups in total. The van der Waals surface area contributed by atoms with Crippen molar-refractivity contribution in [3.05, 3.63) is 100 Å². The molecule has 0 bridgehead atoms. The van der Waals surface area contributed by atoms with Crippen LogP contribution in [0.1, 0.15) is 44.7 Å². The summed E-state index contributed by atoms with van der Waals surface area (Å²) in [4.78, 5) is 33.0. The highest BCUT2D eigenvalue weighted by molar-refractivity contribution is 6.30. The van der Waals surface area contributed by atoms with Gasteiger partial charge in [-0.15, -0.1) is 0 Å². The van der Waals surface area contributed by atoms with Crippen LogP contribution in [0.5, 0.6) is 0 Å². The van der Waals surface area contributed by atoms with Gasteiger partial charge in [0, 0.05) is 30.1 Å². The zero-order valence-electron chi connectivity index (χ0n) is 18.3. The van der Waals surface area contributed by atoms with Gasteiger partial charge in [-0.25, -0.2) is 9.59 Å². The van der Waals surface area contributed by atoms with Crippen molar-refractivity contribution in [2.45, 2.75) is 26.2 Å². The summed E-state index contributed by atoms with van der Waals surface area (Å²) in [5, 5.41) is 21.3. The van der Waals surface area contributed by atoms with E-state index in [4.69, 9.17) is 21.8 Å². The smallest absolute Gasteiger partial charge is 0.335 e. The fourth-order valence-corrected chi connectivity index (χ4v) is 3.29. The van der Waals surface area contributed by atoms with Gasteiger partial charge >= 0.3 is 11.9 Å². The van der Waals surface area contributed by atoms with Crippen molar-refractivity contribution in [2.24, 2.45) is 0 Å². The molecule has 33 heavy (non-hydrogen) atoms. The first-order chi connectivity index (χ1) is 15.8. The first-order valence-corrected chi connectivity index (χ1v) is 10.8. The van der Waals surface area contributed by atoms with Crippen LogP contribution in [0.3, 0.4) is 0 Å². The summed E-state index contributed by atoms with van der Waals surface area (Å²) >= 11 is 5.90. The van der Waals surface area contributed by atoms with Crippen LogP contribution in [0.2, 0.25) is 5.02 Å². The Morgan fingerprint density at radius 2 is 1.42 bits per heavy atom. The maximum Gasteiger partial charge on any atom is 0.335 e. The summed E-state index contributed by atoms with van der Waals surface area (Å²) in [5.74, 6) is -1.94. The lowest BCUT2D eigenvalue weighted by atomic mass is 10.0. The second kappa shape index (κ2) is 13.0. The number of nitrogens with one attached hydrogen (secondary N) is 1. The Labute approximate surface area is 197 Å². The third-order valence-corrected chi connectivity index (χ3v) is 5.12. The molecule has 0 aliphatic carbocycles. The molecule has 3 rings (SSSR count). The third kappa shape index (κ3) is 8.79. The molecule has 0 unspecified atom stereocenters. The Bertz CT molecular complexity index is 1070. The number of aromatic carboxylic acids is 2. The number of Topliss-reactive ketones (excluding diaryl/α,β-unsaturated/α-hetero) is 1. The molecular formula is C26H26ClNO5. The Morgan fingerprint density at radius 3 is 2.00 bits per heavy atom. The monoisotopic (exact) mass is 467 g/mol. The molecule has 0 aliphatic heterocycles. The fourth-order valence-electron chi connectivity index (χ4n) is 3.10. The number of halogens is 1. The number of hydrogen-bond donors (Lipinski definition) is 3. The van der Waals surface area contributed by atoms with Gasteiger partial charge in [0.15, 0.2) is 0 Å². The lowest BCUT2D eigenvalue weighted by Crippen LogP contribution is -2.09. The molecule has 0 saturated carbocycles. The lowest BCUT2D eigenvalue weighted by Gasteiger charge is -2.06. The average Bonchev–Trinajstić information content (AvgIpc) is 2.79. The largest absolute Gasteiger partial charge is 0.478 e. The highest BCUT2D eigenvalue weighted by Gasteiger charge is 2.13. The van der Waals surface area contributed by atoms with Gasteiger partial charge in [-0.2, -0.15) is 0 Å². The number of anilines is 1. The van der Waals surface area contributed by atoms with Crippen LogP contribution in [0.15, 0.2) is 72.8 Å². The number of benzene rings is 3. The standard InChI is InChI=1S/C17H18ClNO.C9H8O4/c18-15-7-4-8-16(13-15)19-12-11-17(20)10-9-14-5-2-1-3-6-14;1-5-6(8(10)11)3-2-4-7(5)9(12)13/h1-8,13,19H,9-12H2;2-4H,1H3,(H,10,11)(H,12,13). The number of hydrogen-bond acceptors (Lipinski definition) is 4. The Kier molecular flexibility index (Phi) is 10.1. The molecule has 6 nitrogen and oxygen atoms in total. The van der Waals surface area contributed by atoms with Gasteiger partial charge < -0.3 is 15.5 Å². The number of ketones is 1. The van der Waals surface area contributed by atoms with E-state index in [-0.39, 0.29) is 22.5 Å². The van der Waals surface area contributed by atoms with E-state index in [1.807, 2.05) is 42.5 Å². The first-order valence-electron chi connectivity index (χ1n) is 10.4. The molecule has 3 aromatic carbocycles. The topological polar surface area (TPSA) is 104 Å². The molecule has 0 amide bonds. The molecule has 0 saturated heterocycles. The summed E-state index contributed by atoms with van der Waals surface area (Å²) in [6.07, 6.45) is 1.96. The second-order valence-electron chi connectivity index (χ2n) is 7.30. The fraction of sp³-hybridized carbons (Fsp3) is 0.192. The van der Waals surface area contributed by atoms with Crippen LogP contribution in [0.4, 0.5) is 5.69 Å². The van der Waals surface area contributed by atoms with Crippen LogP contribution < -0.4 is 5.32 Å². The predicted octanol–water partition coefficient (Wildman–Crippen LogP) is 5.74. The number of carboxylic acids is 2. The maximum absolute atomic E-state index is 11.8. The molecule has 0 aliphatic rings. The zero-order chi connectivity index (χ0) is 24.2. The molecule has 0 heterocycles. The van der Waals surface area contributed by atoms with E-state index in [1.165, 1.54) is 30.7 Å². The number of carboxylic acid groups (broad SMARTS) is 2. The Balaban J connectivity index is 0.000000257. The van der Waals surface area contributed by atoms with Crippen molar-refractivity contribution >= 4 is 35.0 Å². The molecule has 7 heteroatoms. The second-order valence-corrected chi connectivity index (χ2v) is 7.74. The molecule has 0 aromatic heterocycles. The maximum atomic E-state index is 11.8. The normalized spacial score (nSPS) is 10.0. The molecule has 0 fully saturated rings. The Morgan fingerprint density at radius 1 is 0.818 bits per heavy atom. The summed E-state index contributed by atoms with van der Waals surface area (Å²) in [5.41, 5.74) is 2.50. The van der Waals surface area contributed by atoms with Crippen LogP contribution >= 0.6 is 11.6 Å². The van der Waals surface area contributed by atoms with E-state index < -0.39 is 11.9 Å². The van der Waals surface area contributed by atoms with Crippen molar-refractivity contribution in [1.82, 2.24) is 0 Å². The average molecular weight is 468 g/mol. The van der Waals surface area contributed by atoms with E-state index in [1.54, 1.807) is 0 Å². The highest BCUT2D eigenvalue weighted by atomic mass is 35.5. The summed E-state index contributed by atoms with van der Waals surface area (Å²) in [7, 11) is 0. The van der Waals surface area contributed by atoms with Gasteiger partial charge in [0.05, 0.1) is 11.1 Å². The van der Waals surface area contributed by atoms with E-state index in [0.717, 1.165) is 12.1 Å². The van der Waals surface area contributed by atoms with Crippen LogP contribution in [-0.2, 0) is 11.2 Å². The molecule has 0 radical (unpaired) electrons. The highest BCUT2D eigenvalue weighted by Crippen LogP contribution is 2.15. The van der Waals surface area contributed by atoms with Gasteiger partial charge in [0.25, 0.3) is 0 Å². The number of rotatable bonds is 9. The summed E-state index contributed by atoms with van der Waals surface area (Å²) < 4.78 is 0. The van der Waals surface area contributed by atoms with Crippen molar-refractivity contribution in [3.8, 4) is 0 Å². The SMILES string of the molecule is Cc1c(C(=O)O)cccc1C(=O)O.O=C(CCNc1cccc(Cl)c1)CCc1ccccc1. The van der Waals surface area contributed by atoms with Crippen LogP contribution in [-0.4, -0.2) is 34.5 Å². The molecule has 3 aromatic rings. The number of aryl methyl sites for hydroxylation is 1. The molecule has 0 spiro atoms. The van der Waals surface area contributed by atoms with Gasteiger partial charge in [0.2, 0.25) is 0 Å². The van der Waals surface area contributed by atoms with E-state index in [9.17, 15) is 14.4 Å². The minimum atomic E-state index is -1.11. The minimum absolute atomic E-state index is 0.0277. The van der Waals surface area contributed by atoms with Crippen LogP contribution in [0, 0.1) is 6.92 Å². The molecule has 172 valence electrons. The summed E-state index contributed by atoms with van der Waals surface area (Å²) in [6, 6.07) is 21.8. The minimum Gasteiger partial charge on any atom is -0.478 e. The number of carbonyl (C=O) groups is 3. The Hall–Kier alpha value is -3.64.